The highest BCUT2D eigenvalue weighted by molar-refractivity contribution is 6.35. The van der Waals surface area contributed by atoms with Gasteiger partial charge in [0.25, 0.3) is 0 Å². The second-order valence-corrected chi connectivity index (χ2v) is 6.13. The molecule has 1 fully saturated rings. The number of carboxylic acid groups (broad SMARTS) is 1. The fourth-order valence-electron chi connectivity index (χ4n) is 2.31. The molecule has 0 aliphatic carbocycles. The number of benzene rings is 1. The molecule has 2 amide bonds. The molecule has 1 aliphatic rings. The first kappa shape index (κ1) is 17.8. The van der Waals surface area contributed by atoms with Gasteiger partial charge in [-0.1, -0.05) is 29.3 Å². The highest BCUT2D eigenvalue weighted by Gasteiger charge is 2.30. The summed E-state index contributed by atoms with van der Waals surface area (Å²) < 4.78 is 5.46. The molecule has 1 aromatic carbocycles. The van der Waals surface area contributed by atoms with E-state index in [9.17, 15) is 9.59 Å². The SMILES string of the molecule is O=C(O)C1CCN(C(=O)NCCOCc2ccc(Cl)cc2Cl)C1. The number of hydrogen-bond acceptors (Lipinski definition) is 3. The lowest BCUT2D eigenvalue weighted by atomic mass is 10.1. The Balaban J connectivity index is 1.64. The summed E-state index contributed by atoms with van der Waals surface area (Å²) in [6.07, 6.45) is 0.494. The van der Waals surface area contributed by atoms with Crippen LogP contribution in [0.25, 0.3) is 0 Å². The number of carbonyl (C=O) groups is 2. The standard InChI is InChI=1S/C15H18Cl2N2O4/c16-12-2-1-11(13(17)7-12)9-23-6-4-18-15(22)19-5-3-10(8-19)14(20)21/h1-2,7,10H,3-6,8-9H2,(H,18,22)(H,20,21). The second-order valence-electron chi connectivity index (χ2n) is 5.29. The number of hydrogen-bond donors (Lipinski definition) is 2. The van der Waals surface area contributed by atoms with Crippen LogP contribution in [-0.4, -0.2) is 48.2 Å². The number of ether oxygens (including phenoxy) is 1. The first-order valence-electron chi connectivity index (χ1n) is 7.24. The van der Waals surface area contributed by atoms with Gasteiger partial charge in [-0.3, -0.25) is 4.79 Å². The molecular weight excluding hydrogens is 343 g/mol. The van der Waals surface area contributed by atoms with E-state index in [4.69, 9.17) is 33.0 Å². The van der Waals surface area contributed by atoms with E-state index >= 15 is 0 Å². The molecular formula is C15H18Cl2N2O4. The summed E-state index contributed by atoms with van der Waals surface area (Å²) in [4.78, 5) is 24.2. The number of carbonyl (C=O) groups excluding carboxylic acids is 1. The molecule has 0 radical (unpaired) electrons. The first-order chi connectivity index (χ1) is 11.0. The van der Waals surface area contributed by atoms with E-state index in [1.165, 1.54) is 4.90 Å². The minimum atomic E-state index is -0.858. The van der Waals surface area contributed by atoms with E-state index < -0.39 is 11.9 Å². The lowest BCUT2D eigenvalue weighted by Crippen LogP contribution is -2.40. The Kier molecular flexibility index (Phi) is 6.50. The van der Waals surface area contributed by atoms with Crippen LogP contribution >= 0.6 is 23.2 Å². The fourth-order valence-corrected chi connectivity index (χ4v) is 2.77. The minimum Gasteiger partial charge on any atom is -0.481 e. The van der Waals surface area contributed by atoms with E-state index in [2.05, 4.69) is 5.32 Å². The van der Waals surface area contributed by atoms with Crippen molar-refractivity contribution in [3.8, 4) is 0 Å². The van der Waals surface area contributed by atoms with E-state index in [1.807, 2.05) is 0 Å². The molecule has 1 saturated heterocycles. The van der Waals surface area contributed by atoms with Crippen molar-refractivity contribution >= 4 is 35.2 Å². The third-order valence-corrected chi connectivity index (χ3v) is 4.21. The van der Waals surface area contributed by atoms with Gasteiger partial charge >= 0.3 is 12.0 Å². The molecule has 0 bridgehead atoms. The van der Waals surface area contributed by atoms with Gasteiger partial charge in [0.2, 0.25) is 0 Å². The van der Waals surface area contributed by atoms with Crippen LogP contribution in [-0.2, 0) is 16.1 Å². The van der Waals surface area contributed by atoms with E-state index in [1.54, 1.807) is 18.2 Å². The number of nitrogens with zero attached hydrogens (tertiary/aromatic N) is 1. The third kappa shape index (κ3) is 5.27. The number of urea groups is 1. The molecule has 23 heavy (non-hydrogen) atoms. The van der Waals surface area contributed by atoms with Gasteiger partial charge in [-0.2, -0.15) is 0 Å². The lowest BCUT2D eigenvalue weighted by Gasteiger charge is -2.16. The zero-order valence-electron chi connectivity index (χ0n) is 12.4. The maximum atomic E-state index is 11.9. The summed E-state index contributed by atoms with van der Waals surface area (Å²) in [5, 5.41) is 12.7. The average molecular weight is 361 g/mol. The molecule has 1 atom stereocenters. The topological polar surface area (TPSA) is 78.9 Å². The van der Waals surface area contributed by atoms with Crippen molar-refractivity contribution in [2.75, 3.05) is 26.2 Å². The van der Waals surface area contributed by atoms with Gasteiger partial charge in [-0.05, 0) is 24.1 Å². The van der Waals surface area contributed by atoms with Gasteiger partial charge in [0.1, 0.15) is 0 Å². The first-order valence-corrected chi connectivity index (χ1v) is 8.00. The second kappa shape index (κ2) is 8.38. The molecule has 1 unspecified atom stereocenters. The number of halogens is 2. The highest BCUT2D eigenvalue weighted by Crippen LogP contribution is 2.21. The van der Waals surface area contributed by atoms with Crippen molar-refractivity contribution in [3.63, 3.8) is 0 Å². The smallest absolute Gasteiger partial charge is 0.317 e. The Labute approximate surface area is 144 Å². The van der Waals surface area contributed by atoms with Crippen LogP contribution in [0.4, 0.5) is 4.79 Å². The summed E-state index contributed by atoms with van der Waals surface area (Å²) in [6.45, 7) is 1.72. The Morgan fingerprint density at radius 1 is 1.39 bits per heavy atom. The highest BCUT2D eigenvalue weighted by atomic mass is 35.5. The van der Waals surface area contributed by atoms with E-state index in [0.29, 0.717) is 42.8 Å². The quantitative estimate of drug-likeness (QED) is 0.764. The van der Waals surface area contributed by atoms with Crippen LogP contribution in [0, 0.1) is 5.92 Å². The number of aliphatic carboxylic acids is 1. The molecule has 0 aromatic heterocycles. The van der Waals surface area contributed by atoms with Gasteiger partial charge in [-0.15, -0.1) is 0 Å². The lowest BCUT2D eigenvalue weighted by molar-refractivity contribution is -0.141. The van der Waals surface area contributed by atoms with Crippen molar-refractivity contribution in [2.45, 2.75) is 13.0 Å². The monoisotopic (exact) mass is 360 g/mol. The van der Waals surface area contributed by atoms with Crippen LogP contribution < -0.4 is 5.32 Å². The molecule has 2 rings (SSSR count). The molecule has 1 heterocycles. The van der Waals surface area contributed by atoms with Gasteiger partial charge in [0.15, 0.2) is 0 Å². The maximum absolute atomic E-state index is 11.9. The number of rotatable bonds is 6. The van der Waals surface area contributed by atoms with E-state index in [-0.39, 0.29) is 12.6 Å². The Morgan fingerprint density at radius 2 is 2.17 bits per heavy atom. The average Bonchev–Trinajstić information content (AvgIpc) is 2.99. The molecule has 0 saturated carbocycles. The minimum absolute atomic E-state index is 0.252. The maximum Gasteiger partial charge on any atom is 0.317 e. The number of likely N-dealkylation sites (tertiary alicyclic amines) is 1. The van der Waals surface area contributed by atoms with Crippen molar-refractivity contribution in [1.82, 2.24) is 10.2 Å². The number of carboxylic acids is 1. The Morgan fingerprint density at radius 3 is 2.83 bits per heavy atom. The summed E-state index contributed by atoms with van der Waals surface area (Å²) >= 11 is 11.8. The van der Waals surface area contributed by atoms with Crippen molar-refractivity contribution in [1.29, 1.82) is 0 Å². The van der Waals surface area contributed by atoms with Crippen molar-refractivity contribution < 1.29 is 19.4 Å². The van der Waals surface area contributed by atoms with Gasteiger partial charge < -0.3 is 20.1 Å². The molecule has 1 aromatic rings. The van der Waals surface area contributed by atoms with E-state index in [0.717, 1.165) is 5.56 Å². The summed E-state index contributed by atoms with van der Waals surface area (Å²) in [6, 6.07) is 4.91. The predicted molar refractivity (Wildman–Crippen MR) is 86.8 cm³/mol. The largest absolute Gasteiger partial charge is 0.481 e. The molecule has 126 valence electrons. The third-order valence-electron chi connectivity index (χ3n) is 3.62. The zero-order valence-corrected chi connectivity index (χ0v) is 13.9. The molecule has 1 aliphatic heterocycles. The molecule has 0 spiro atoms. The number of amides is 2. The molecule has 6 nitrogen and oxygen atoms in total. The fraction of sp³-hybridized carbons (Fsp3) is 0.467. The summed E-state index contributed by atoms with van der Waals surface area (Å²) in [7, 11) is 0. The molecule has 2 N–H and O–H groups in total. The van der Waals surface area contributed by atoms with Crippen LogP contribution in [0.1, 0.15) is 12.0 Å². The predicted octanol–water partition coefficient (Wildman–Crippen LogP) is 2.63. The summed E-state index contributed by atoms with van der Waals surface area (Å²) in [5.74, 6) is -1.33. The Hall–Kier alpha value is -1.50. The molecule has 8 heteroatoms. The van der Waals surface area contributed by atoms with Gasteiger partial charge in [0.05, 0.1) is 19.1 Å². The number of nitrogens with one attached hydrogen (secondary N) is 1. The van der Waals surface area contributed by atoms with Crippen LogP contribution in [0.15, 0.2) is 18.2 Å². The zero-order chi connectivity index (χ0) is 16.8. The van der Waals surface area contributed by atoms with Crippen LogP contribution in [0.3, 0.4) is 0 Å². The normalized spacial score (nSPS) is 17.3. The van der Waals surface area contributed by atoms with Gasteiger partial charge in [0, 0.05) is 29.7 Å². The van der Waals surface area contributed by atoms with Crippen molar-refractivity contribution in [3.05, 3.63) is 33.8 Å². The van der Waals surface area contributed by atoms with Crippen LogP contribution in [0.5, 0.6) is 0 Å². The van der Waals surface area contributed by atoms with Crippen molar-refractivity contribution in [2.24, 2.45) is 5.92 Å². The van der Waals surface area contributed by atoms with Gasteiger partial charge in [-0.25, -0.2) is 4.79 Å². The summed E-state index contributed by atoms with van der Waals surface area (Å²) in [5.41, 5.74) is 0.825. The van der Waals surface area contributed by atoms with Crippen LogP contribution in [0.2, 0.25) is 10.0 Å². The Bertz CT molecular complexity index is 583.